The van der Waals surface area contributed by atoms with Crippen LogP contribution in [0, 0.1) is 20.8 Å². The minimum absolute atomic E-state index is 0.544. The smallest absolute Gasteiger partial charge is 0.00804 e. The van der Waals surface area contributed by atoms with E-state index in [1.165, 1.54) is 62.9 Å². The van der Waals surface area contributed by atoms with E-state index in [0.29, 0.717) is 5.92 Å². The second-order valence-corrected chi connectivity index (χ2v) is 8.28. The van der Waals surface area contributed by atoms with E-state index in [0.717, 1.165) is 12.8 Å². The van der Waals surface area contributed by atoms with Gasteiger partial charge in [0.1, 0.15) is 0 Å². The van der Waals surface area contributed by atoms with Gasteiger partial charge in [-0.3, -0.25) is 0 Å². The third-order valence-electron chi connectivity index (χ3n) is 6.37. The molecule has 0 amide bonds. The Labute approximate surface area is 164 Å². The van der Waals surface area contributed by atoms with Gasteiger partial charge in [-0.15, -0.1) is 0 Å². The zero-order chi connectivity index (χ0) is 19.0. The first-order valence-electron chi connectivity index (χ1n) is 10.3. The van der Waals surface area contributed by atoms with Crippen LogP contribution in [0.5, 0.6) is 0 Å². The van der Waals surface area contributed by atoms with Gasteiger partial charge in [-0.05, 0) is 96.0 Å². The van der Waals surface area contributed by atoms with E-state index in [-0.39, 0.29) is 0 Å². The summed E-state index contributed by atoms with van der Waals surface area (Å²) in [6.07, 6.45) is 4.62. The molecule has 0 nitrogen and oxygen atoms in total. The zero-order valence-electron chi connectivity index (χ0n) is 17.1. The maximum atomic E-state index is 2.47. The van der Waals surface area contributed by atoms with Gasteiger partial charge in [0.05, 0.1) is 0 Å². The normalized spacial score (nSPS) is 15.8. The quantitative estimate of drug-likeness (QED) is 0.470. The van der Waals surface area contributed by atoms with Gasteiger partial charge in [0.2, 0.25) is 0 Å². The fourth-order valence-electron chi connectivity index (χ4n) is 4.63. The van der Waals surface area contributed by atoms with Crippen LogP contribution in [0.4, 0.5) is 0 Å². The molecule has 0 fully saturated rings. The molecule has 0 saturated heterocycles. The summed E-state index contributed by atoms with van der Waals surface area (Å²) >= 11 is 0. The summed E-state index contributed by atoms with van der Waals surface area (Å²) in [7, 11) is 0. The van der Waals surface area contributed by atoms with Gasteiger partial charge in [0.25, 0.3) is 0 Å². The van der Waals surface area contributed by atoms with Crippen molar-refractivity contribution in [2.75, 3.05) is 0 Å². The third kappa shape index (κ3) is 3.46. The van der Waals surface area contributed by atoms with Crippen molar-refractivity contribution >= 4 is 0 Å². The number of hydrogen-bond acceptors (Lipinski definition) is 0. The van der Waals surface area contributed by atoms with Gasteiger partial charge < -0.3 is 0 Å². The van der Waals surface area contributed by atoms with Crippen LogP contribution < -0.4 is 0 Å². The Kier molecular flexibility index (Phi) is 4.91. The molecule has 1 atom stereocenters. The van der Waals surface area contributed by atoms with Crippen LogP contribution in [0.25, 0.3) is 11.1 Å². The lowest BCUT2D eigenvalue weighted by molar-refractivity contribution is 0.686. The van der Waals surface area contributed by atoms with Crippen molar-refractivity contribution < 1.29 is 0 Å². The van der Waals surface area contributed by atoms with E-state index in [2.05, 4.69) is 82.3 Å². The highest BCUT2D eigenvalue weighted by atomic mass is 14.3. The summed E-state index contributed by atoms with van der Waals surface area (Å²) < 4.78 is 0. The van der Waals surface area contributed by atoms with Gasteiger partial charge >= 0.3 is 0 Å². The lowest BCUT2D eigenvalue weighted by atomic mass is 9.85. The Bertz CT molecular complexity index is 954. The molecule has 1 unspecified atom stereocenters. The average Bonchev–Trinajstić information content (AvgIpc) is 2.82. The van der Waals surface area contributed by atoms with Gasteiger partial charge in [-0.2, -0.15) is 0 Å². The Morgan fingerprint density at radius 1 is 0.778 bits per heavy atom. The summed E-state index contributed by atoms with van der Waals surface area (Å²) in [5.41, 5.74) is 13.1. The summed E-state index contributed by atoms with van der Waals surface area (Å²) in [4.78, 5) is 0. The monoisotopic (exact) mass is 354 g/mol. The minimum atomic E-state index is 0.544. The third-order valence-corrected chi connectivity index (χ3v) is 6.37. The largest absolute Gasteiger partial charge is 0.0651 e. The fraction of sp³-hybridized carbons (Fsp3) is 0.333. The predicted molar refractivity (Wildman–Crippen MR) is 117 cm³/mol. The van der Waals surface area contributed by atoms with Crippen molar-refractivity contribution in [1.82, 2.24) is 0 Å². The molecule has 0 radical (unpaired) electrons. The first-order valence-corrected chi connectivity index (χ1v) is 10.3. The van der Waals surface area contributed by atoms with E-state index in [1.807, 2.05) is 0 Å². The van der Waals surface area contributed by atoms with E-state index in [4.69, 9.17) is 0 Å². The lowest BCUT2D eigenvalue weighted by Crippen LogP contribution is -2.07. The molecule has 0 heteroatoms. The van der Waals surface area contributed by atoms with Crippen LogP contribution in [0.1, 0.15) is 58.2 Å². The van der Waals surface area contributed by atoms with Crippen molar-refractivity contribution in [3.63, 3.8) is 0 Å². The Morgan fingerprint density at radius 2 is 1.44 bits per heavy atom. The number of rotatable bonds is 3. The standard InChI is InChI=1S/C27H30/c1-5-8-21-11-12-27-25(15-21)17-24(16-22-9-6-7-10-26(22)27)23-13-18(2)20(4)19(3)14-23/h6-7,9-15,24H,5,8,16-17H2,1-4H3. The first-order chi connectivity index (χ1) is 13.1. The zero-order valence-corrected chi connectivity index (χ0v) is 17.1. The fourth-order valence-corrected chi connectivity index (χ4v) is 4.63. The summed E-state index contributed by atoms with van der Waals surface area (Å²) in [6.45, 7) is 9.01. The van der Waals surface area contributed by atoms with Crippen LogP contribution in [0.3, 0.4) is 0 Å². The van der Waals surface area contributed by atoms with Crippen LogP contribution in [-0.4, -0.2) is 0 Å². The molecular weight excluding hydrogens is 324 g/mol. The van der Waals surface area contributed by atoms with Crippen molar-refractivity contribution in [2.24, 2.45) is 0 Å². The van der Waals surface area contributed by atoms with E-state index >= 15 is 0 Å². The molecule has 0 bridgehead atoms. The lowest BCUT2D eigenvalue weighted by Gasteiger charge is -2.19. The number of hydrogen-bond donors (Lipinski definition) is 0. The van der Waals surface area contributed by atoms with Crippen molar-refractivity contribution in [3.8, 4) is 11.1 Å². The molecule has 3 aromatic carbocycles. The molecule has 27 heavy (non-hydrogen) atoms. The maximum Gasteiger partial charge on any atom is -0.00804 e. The van der Waals surface area contributed by atoms with E-state index < -0.39 is 0 Å². The Hall–Kier alpha value is -2.34. The van der Waals surface area contributed by atoms with Crippen LogP contribution in [-0.2, 0) is 19.3 Å². The molecule has 0 aromatic heterocycles. The second-order valence-electron chi connectivity index (χ2n) is 8.28. The Balaban J connectivity index is 1.84. The molecule has 0 spiro atoms. The van der Waals surface area contributed by atoms with Crippen molar-refractivity contribution in [3.05, 3.63) is 93.5 Å². The highest BCUT2D eigenvalue weighted by molar-refractivity contribution is 5.72. The summed E-state index contributed by atoms with van der Waals surface area (Å²) in [5.74, 6) is 0.544. The molecule has 3 aromatic rings. The molecule has 4 rings (SSSR count). The number of benzene rings is 3. The molecular formula is C27H30. The van der Waals surface area contributed by atoms with Gasteiger partial charge in [0.15, 0.2) is 0 Å². The average molecular weight is 355 g/mol. The number of fused-ring (bicyclic) bond motifs is 3. The van der Waals surface area contributed by atoms with E-state index in [1.54, 1.807) is 0 Å². The Morgan fingerprint density at radius 3 is 2.19 bits per heavy atom. The molecule has 138 valence electrons. The number of aryl methyl sites for hydroxylation is 3. The first kappa shape index (κ1) is 18.0. The second kappa shape index (κ2) is 7.35. The predicted octanol–water partition coefficient (Wildman–Crippen LogP) is 7.11. The van der Waals surface area contributed by atoms with E-state index in [9.17, 15) is 0 Å². The summed E-state index contributed by atoms with van der Waals surface area (Å²) in [5, 5.41) is 0. The molecule has 0 aliphatic heterocycles. The molecule has 1 aliphatic carbocycles. The SMILES string of the molecule is CCCc1ccc2c(c1)CC(c1cc(C)c(C)c(C)c1)Cc1ccccc1-2. The molecule has 0 N–H and O–H groups in total. The van der Waals surface area contributed by atoms with Crippen molar-refractivity contribution in [2.45, 2.75) is 59.3 Å². The molecule has 0 heterocycles. The van der Waals surface area contributed by atoms with Gasteiger partial charge in [0, 0.05) is 0 Å². The highest BCUT2D eigenvalue weighted by Gasteiger charge is 2.23. The van der Waals surface area contributed by atoms with Crippen LogP contribution in [0.2, 0.25) is 0 Å². The maximum absolute atomic E-state index is 2.47. The molecule has 0 saturated carbocycles. The van der Waals surface area contributed by atoms with Crippen LogP contribution >= 0.6 is 0 Å². The topological polar surface area (TPSA) is 0 Å². The van der Waals surface area contributed by atoms with Gasteiger partial charge in [-0.25, -0.2) is 0 Å². The highest BCUT2D eigenvalue weighted by Crippen LogP contribution is 2.39. The minimum Gasteiger partial charge on any atom is -0.0651 e. The summed E-state index contributed by atoms with van der Waals surface area (Å²) in [6, 6.07) is 21.0. The molecule has 1 aliphatic rings. The van der Waals surface area contributed by atoms with Crippen molar-refractivity contribution in [1.29, 1.82) is 0 Å². The van der Waals surface area contributed by atoms with Crippen LogP contribution in [0.15, 0.2) is 54.6 Å². The van der Waals surface area contributed by atoms with Gasteiger partial charge in [-0.1, -0.05) is 67.9 Å².